The molecule has 0 radical (unpaired) electrons. The highest BCUT2D eigenvalue weighted by Crippen LogP contribution is 2.25. The summed E-state index contributed by atoms with van der Waals surface area (Å²) in [6, 6.07) is 12.9. The van der Waals surface area contributed by atoms with E-state index in [0.29, 0.717) is 19.4 Å². The van der Waals surface area contributed by atoms with E-state index in [1.54, 1.807) is 24.3 Å². The van der Waals surface area contributed by atoms with E-state index >= 15 is 0 Å². The van der Waals surface area contributed by atoms with Crippen LogP contribution in [0.5, 0.6) is 0 Å². The lowest BCUT2D eigenvalue weighted by Gasteiger charge is -2.32. The SMILES string of the molecule is Cc1ccc(S(=O)(=O)N2CCCC(C(=O)NC(C)c3ccc(C)cc3C)C2)cc1. The molecule has 29 heavy (non-hydrogen) atoms. The van der Waals surface area contributed by atoms with E-state index in [9.17, 15) is 13.2 Å². The lowest BCUT2D eigenvalue weighted by molar-refractivity contribution is -0.126. The molecule has 1 saturated heterocycles. The number of nitrogens with zero attached hydrogens (tertiary/aromatic N) is 1. The van der Waals surface area contributed by atoms with E-state index in [-0.39, 0.29) is 29.3 Å². The number of carbonyl (C=O) groups excluding carboxylic acids is 1. The van der Waals surface area contributed by atoms with Crippen molar-refractivity contribution < 1.29 is 13.2 Å². The number of aryl methyl sites for hydroxylation is 3. The zero-order valence-electron chi connectivity index (χ0n) is 17.6. The first-order chi connectivity index (χ1) is 13.7. The lowest BCUT2D eigenvalue weighted by Crippen LogP contribution is -2.45. The summed E-state index contributed by atoms with van der Waals surface area (Å²) in [5, 5.41) is 3.08. The molecule has 2 atom stereocenters. The van der Waals surface area contributed by atoms with Gasteiger partial charge in [-0.3, -0.25) is 4.79 Å². The fraction of sp³-hybridized carbons (Fsp3) is 0.435. The molecule has 2 aromatic carbocycles. The van der Waals surface area contributed by atoms with Crippen molar-refractivity contribution in [1.82, 2.24) is 9.62 Å². The summed E-state index contributed by atoms with van der Waals surface area (Å²) in [6.45, 7) is 8.66. The average Bonchev–Trinajstić information content (AvgIpc) is 2.68. The molecule has 1 fully saturated rings. The van der Waals surface area contributed by atoms with Gasteiger partial charge in [-0.05, 0) is 63.8 Å². The Morgan fingerprint density at radius 1 is 1.07 bits per heavy atom. The molecular formula is C23H30N2O3S. The number of amides is 1. The first-order valence-electron chi connectivity index (χ1n) is 10.1. The summed E-state index contributed by atoms with van der Waals surface area (Å²) in [6.07, 6.45) is 1.38. The van der Waals surface area contributed by atoms with Crippen molar-refractivity contribution in [2.24, 2.45) is 5.92 Å². The molecule has 1 heterocycles. The van der Waals surface area contributed by atoms with Gasteiger partial charge in [0.1, 0.15) is 0 Å². The number of rotatable bonds is 5. The van der Waals surface area contributed by atoms with E-state index in [1.165, 1.54) is 9.87 Å². The fourth-order valence-corrected chi connectivity index (χ4v) is 5.48. The second-order valence-electron chi connectivity index (χ2n) is 8.11. The van der Waals surface area contributed by atoms with Gasteiger partial charge in [0, 0.05) is 13.1 Å². The van der Waals surface area contributed by atoms with Crippen LogP contribution < -0.4 is 5.32 Å². The highest BCUT2D eigenvalue weighted by molar-refractivity contribution is 7.89. The molecule has 2 aromatic rings. The van der Waals surface area contributed by atoms with E-state index in [4.69, 9.17) is 0 Å². The molecule has 6 heteroatoms. The molecule has 0 spiro atoms. The van der Waals surface area contributed by atoms with Gasteiger partial charge >= 0.3 is 0 Å². The number of piperidine rings is 1. The first-order valence-corrected chi connectivity index (χ1v) is 11.6. The number of hydrogen-bond donors (Lipinski definition) is 1. The Hall–Kier alpha value is -2.18. The Morgan fingerprint density at radius 3 is 2.38 bits per heavy atom. The summed E-state index contributed by atoms with van der Waals surface area (Å²) in [5.41, 5.74) is 4.43. The molecule has 0 bridgehead atoms. The number of benzene rings is 2. The van der Waals surface area contributed by atoms with E-state index < -0.39 is 10.0 Å². The van der Waals surface area contributed by atoms with Gasteiger partial charge in [-0.2, -0.15) is 4.31 Å². The Morgan fingerprint density at radius 2 is 1.72 bits per heavy atom. The van der Waals surface area contributed by atoms with Gasteiger partial charge in [0.2, 0.25) is 15.9 Å². The van der Waals surface area contributed by atoms with Crippen molar-refractivity contribution in [1.29, 1.82) is 0 Å². The van der Waals surface area contributed by atoms with Crippen LogP contribution in [0.3, 0.4) is 0 Å². The molecule has 2 unspecified atom stereocenters. The third kappa shape index (κ3) is 4.87. The maximum atomic E-state index is 13.0. The van der Waals surface area contributed by atoms with Gasteiger partial charge in [0.25, 0.3) is 0 Å². The summed E-state index contributed by atoms with van der Waals surface area (Å²) in [5.74, 6) is -0.418. The average molecular weight is 415 g/mol. The Kier molecular flexibility index (Phi) is 6.44. The van der Waals surface area contributed by atoms with E-state index in [2.05, 4.69) is 11.4 Å². The molecule has 156 valence electrons. The number of sulfonamides is 1. The highest BCUT2D eigenvalue weighted by Gasteiger charge is 2.33. The van der Waals surface area contributed by atoms with Gasteiger partial charge in [-0.1, -0.05) is 41.5 Å². The quantitative estimate of drug-likeness (QED) is 0.807. The minimum Gasteiger partial charge on any atom is -0.349 e. The van der Waals surface area contributed by atoms with Gasteiger partial charge in [-0.15, -0.1) is 0 Å². The third-order valence-corrected chi connectivity index (χ3v) is 7.54. The lowest BCUT2D eigenvalue weighted by atomic mass is 9.96. The molecule has 1 amide bonds. The summed E-state index contributed by atoms with van der Waals surface area (Å²) in [4.78, 5) is 13.2. The molecule has 0 aromatic heterocycles. The van der Waals surface area contributed by atoms with Crippen molar-refractivity contribution >= 4 is 15.9 Å². The van der Waals surface area contributed by atoms with Crippen LogP contribution in [0.4, 0.5) is 0 Å². The van der Waals surface area contributed by atoms with E-state index in [1.807, 2.05) is 39.8 Å². The van der Waals surface area contributed by atoms with Crippen LogP contribution in [0.2, 0.25) is 0 Å². The van der Waals surface area contributed by atoms with Crippen LogP contribution in [0.1, 0.15) is 48.1 Å². The first kappa shape index (κ1) is 21.5. The normalized spacial score (nSPS) is 19.0. The fourth-order valence-electron chi connectivity index (χ4n) is 3.95. The van der Waals surface area contributed by atoms with Crippen molar-refractivity contribution in [3.05, 3.63) is 64.7 Å². The van der Waals surface area contributed by atoms with Gasteiger partial charge in [0.05, 0.1) is 16.9 Å². The van der Waals surface area contributed by atoms with Crippen LogP contribution in [0.15, 0.2) is 47.4 Å². The summed E-state index contributed by atoms with van der Waals surface area (Å²) >= 11 is 0. The Bertz CT molecular complexity index is 984. The molecule has 0 aliphatic carbocycles. The standard InChI is InChI=1S/C23H30N2O3S/c1-16-7-10-21(11-8-16)29(27,28)25-13-5-6-20(15-25)23(26)24-19(4)22-12-9-17(2)14-18(22)3/h7-12,14,19-20H,5-6,13,15H2,1-4H3,(H,24,26). The van der Waals surface area contributed by atoms with Crippen LogP contribution in [-0.4, -0.2) is 31.7 Å². The number of carbonyl (C=O) groups is 1. The molecule has 1 N–H and O–H groups in total. The second-order valence-corrected chi connectivity index (χ2v) is 10.0. The molecular weight excluding hydrogens is 384 g/mol. The van der Waals surface area contributed by atoms with Crippen molar-refractivity contribution in [2.45, 2.75) is 51.5 Å². The summed E-state index contributed by atoms with van der Waals surface area (Å²) in [7, 11) is -3.58. The monoisotopic (exact) mass is 414 g/mol. The van der Waals surface area contributed by atoms with Gasteiger partial charge in [-0.25, -0.2) is 8.42 Å². The van der Waals surface area contributed by atoms with Crippen molar-refractivity contribution in [2.75, 3.05) is 13.1 Å². The predicted octanol–water partition coefficient (Wildman–Crippen LogP) is 3.89. The molecule has 1 aliphatic rings. The minimum atomic E-state index is -3.58. The topological polar surface area (TPSA) is 66.5 Å². The molecule has 0 saturated carbocycles. The highest BCUT2D eigenvalue weighted by atomic mass is 32.2. The third-order valence-electron chi connectivity index (χ3n) is 5.66. The summed E-state index contributed by atoms with van der Waals surface area (Å²) < 4.78 is 27.4. The maximum Gasteiger partial charge on any atom is 0.243 e. The van der Waals surface area contributed by atoms with Crippen molar-refractivity contribution in [3.8, 4) is 0 Å². The van der Waals surface area contributed by atoms with Gasteiger partial charge in [0.15, 0.2) is 0 Å². The second kappa shape index (κ2) is 8.67. The van der Waals surface area contributed by atoms with Crippen LogP contribution in [-0.2, 0) is 14.8 Å². The number of hydrogen-bond acceptors (Lipinski definition) is 3. The van der Waals surface area contributed by atoms with E-state index in [0.717, 1.165) is 16.7 Å². The van der Waals surface area contributed by atoms with Crippen LogP contribution in [0.25, 0.3) is 0 Å². The smallest absolute Gasteiger partial charge is 0.243 e. The van der Waals surface area contributed by atoms with Crippen molar-refractivity contribution in [3.63, 3.8) is 0 Å². The Balaban J connectivity index is 1.69. The predicted molar refractivity (Wildman–Crippen MR) is 115 cm³/mol. The maximum absolute atomic E-state index is 13.0. The molecule has 1 aliphatic heterocycles. The minimum absolute atomic E-state index is 0.0821. The van der Waals surface area contributed by atoms with Crippen LogP contribution >= 0.6 is 0 Å². The Labute approximate surface area is 174 Å². The molecule has 5 nitrogen and oxygen atoms in total. The largest absolute Gasteiger partial charge is 0.349 e. The zero-order valence-corrected chi connectivity index (χ0v) is 18.4. The number of nitrogens with one attached hydrogen (secondary N) is 1. The molecule has 3 rings (SSSR count). The van der Waals surface area contributed by atoms with Crippen LogP contribution in [0, 0.1) is 26.7 Å². The van der Waals surface area contributed by atoms with Gasteiger partial charge < -0.3 is 5.32 Å². The zero-order chi connectivity index (χ0) is 21.2.